The molecule has 0 fully saturated rings. The van der Waals surface area contributed by atoms with Crippen LogP contribution < -0.4 is 5.56 Å². The Labute approximate surface area is 126 Å². The third kappa shape index (κ3) is 3.50. The first-order chi connectivity index (χ1) is 9.82. The van der Waals surface area contributed by atoms with Gasteiger partial charge in [0.25, 0.3) is 5.56 Å². The van der Waals surface area contributed by atoms with Crippen molar-refractivity contribution < 1.29 is 0 Å². The van der Waals surface area contributed by atoms with E-state index in [-0.39, 0.29) is 11.0 Å². The minimum absolute atomic E-state index is 0.0287. The third-order valence-electron chi connectivity index (χ3n) is 3.64. The Morgan fingerprint density at radius 3 is 2.67 bits per heavy atom. The molecule has 4 nitrogen and oxygen atoms in total. The van der Waals surface area contributed by atoms with E-state index in [1.54, 1.807) is 10.6 Å². The number of aromatic nitrogens is 2. The molecule has 0 saturated carbocycles. The van der Waals surface area contributed by atoms with Crippen LogP contribution in [0.5, 0.6) is 0 Å². The third-order valence-corrected chi connectivity index (χ3v) is 3.64. The molecule has 4 heteroatoms. The second-order valence-electron chi connectivity index (χ2n) is 6.73. The van der Waals surface area contributed by atoms with Crippen LogP contribution in [0.15, 0.2) is 29.3 Å². The maximum atomic E-state index is 12.5. The molecule has 21 heavy (non-hydrogen) atoms. The minimum Gasteiger partial charge on any atom is -0.302 e. The fourth-order valence-electron chi connectivity index (χ4n) is 2.50. The Morgan fingerprint density at radius 2 is 2.05 bits per heavy atom. The number of pyridine rings is 1. The van der Waals surface area contributed by atoms with E-state index in [4.69, 9.17) is 0 Å². The highest BCUT2D eigenvalue weighted by atomic mass is 16.1. The van der Waals surface area contributed by atoms with Crippen molar-refractivity contribution in [1.82, 2.24) is 14.3 Å². The lowest BCUT2D eigenvalue weighted by Crippen LogP contribution is -2.28. The van der Waals surface area contributed by atoms with Crippen molar-refractivity contribution in [2.45, 2.75) is 46.1 Å². The number of fused-ring (bicyclic) bond motifs is 1. The first kappa shape index (κ1) is 15.7. The summed E-state index contributed by atoms with van der Waals surface area (Å²) in [7, 11) is 2.11. The van der Waals surface area contributed by atoms with E-state index >= 15 is 0 Å². The van der Waals surface area contributed by atoms with Crippen LogP contribution in [0.1, 0.15) is 45.2 Å². The van der Waals surface area contributed by atoms with Crippen LogP contribution in [-0.4, -0.2) is 27.9 Å². The van der Waals surface area contributed by atoms with E-state index in [0.717, 1.165) is 30.7 Å². The molecule has 0 aliphatic heterocycles. The summed E-state index contributed by atoms with van der Waals surface area (Å²) in [6, 6.07) is 4.01. The molecule has 0 saturated heterocycles. The molecule has 0 radical (unpaired) electrons. The molecule has 2 aromatic heterocycles. The standard InChI is InChI=1S/C17H25N3O/c1-6-8-19(5)12-13-7-9-20-15(10-13)18-11-14(16(20)21)17(2,3)4/h7,9-11H,6,8,12H2,1-5H3. The Bertz CT molecular complexity index is 682. The minimum atomic E-state index is -0.189. The van der Waals surface area contributed by atoms with E-state index in [9.17, 15) is 4.79 Å². The first-order valence-electron chi connectivity index (χ1n) is 7.52. The maximum absolute atomic E-state index is 12.5. The van der Waals surface area contributed by atoms with Crippen LogP contribution >= 0.6 is 0 Å². The van der Waals surface area contributed by atoms with Gasteiger partial charge in [0.1, 0.15) is 5.65 Å². The van der Waals surface area contributed by atoms with Gasteiger partial charge in [-0.15, -0.1) is 0 Å². The SMILES string of the molecule is CCCN(C)Cc1ccn2c(=O)c(C(C)(C)C)cnc2c1. The lowest BCUT2D eigenvalue weighted by atomic mass is 9.89. The number of rotatable bonds is 4. The molecule has 0 spiro atoms. The van der Waals surface area contributed by atoms with E-state index in [0.29, 0.717) is 0 Å². The van der Waals surface area contributed by atoms with Gasteiger partial charge < -0.3 is 4.90 Å². The quantitative estimate of drug-likeness (QED) is 0.868. The molecule has 0 N–H and O–H groups in total. The zero-order chi connectivity index (χ0) is 15.6. The monoisotopic (exact) mass is 287 g/mol. The molecule has 0 bridgehead atoms. The topological polar surface area (TPSA) is 37.6 Å². The zero-order valence-corrected chi connectivity index (χ0v) is 13.7. The summed E-state index contributed by atoms with van der Waals surface area (Å²) in [6.45, 7) is 10.2. The molecular formula is C17H25N3O. The summed E-state index contributed by atoms with van der Waals surface area (Å²) >= 11 is 0. The van der Waals surface area contributed by atoms with Crippen molar-refractivity contribution in [3.05, 3.63) is 46.0 Å². The Kier molecular flexibility index (Phi) is 4.47. The Balaban J connectivity index is 2.40. The predicted octanol–water partition coefficient (Wildman–Crippen LogP) is 2.83. The summed E-state index contributed by atoms with van der Waals surface area (Å²) in [6.07, 6.45) is 4.70. The van der Waals surface area contributed by atoms with Crippen molar-refractivity contribution in [3.63, 3.8) is 0 Å². The highest BCUT2D eigenvalue weighted by Gasteiger charge is 2.19. The van der Waals surface area contributed by atoms with E-state index in [1.165, 1.54) is 5.56 Å². The summed E-state index contributed by atoms with van der Waals surface area (Å²) in [4.78, 5) is 19.3. The molecule has 0 aliphatic carbocycles. The molecule has 0 unspecified atom stereocenters. The Hall–Kier alpha value is -1.68. The van der Waals surface area contributed by atoms with Gasteiger partial charge in [0, 0.05) is 24.5 Å². The lowest BCUT2D eigenvalue weighted by molar-refractivity contribution is 0.327. The van der Waals surface area contributed by atoms with E-state index in [1.807, 2.05) is 39.1 Å². The predicted molar refractivity (Wildman–Crippen MR) is 86.8 cm³/mol. The average molecular weight is 287 g/mol. The van der Waals surface area contributed by atoms with Gasteiger partial charge in [-0.2, -0.15) is 0 Å². The van der Waals surface area contributed by atoms with E-state index < -0.39 is 0 Å². The van der Waals surface area contributed by atoms with Crippen LogP contribution in [-0.2, 0) is 12.0 Å². The van der Waals surface area contributed by atoms with Gasteiger partial charge in [-0.3, -0.25) is 9.20 Å². The second kappa shape index (κ2) is 5.98. The van der Waals surface area contributed by atoms with Crippen LogP contribution in [0.2, 0.25) is 0 Å². The van der Waals surface area contributed by atoms with Crippen molar-refractivity contribution >= 4 is 5.65 Å². The maximum Gasteiger partial charge on any atom is 0.261 e. The van der Waals surface area contributed by atoms with Crippen molar-refractivity contribution in [3.8, 4) is 0 Å². The molecule has 2 aromatic rings. The van der Waals surface area contributed by atoms with Gasteiger partial charge in [0.2, 0.25) is 0 Å². The normalized spacial score (nSPS) is 12.3. The molecular weight excluding hydrogens is 262 g/mol. The highest BCUT2D eigenvalue weighted by Crippen LogP contribution is 2.18. The highest BCUT2D eigenvalue weighted by molar-refractivity contribution is 5.42. The van der Waals surface area contributed by atoms with Crippen LogP contribution in [0.4, 0.5) is 0 Å². The zero-order valence-electron chi connectivity index (χ0n) is 13.7. The summed E-state index contributed by atoms with van der Waals surface area (Å²) in [5, 5.41) is 0. The van der Waals surface area contributed by atoms with Gasteiger partial charge >= 0.3 is 0 Å². The fraction of sp³-hybridized carbons (Fsp3) is 0.529. The molecule has 0 aliphatic rings. The smallest absolute Gasteiger partial charge is 0.261 e. The molecule has 0 atom stereocenters. The van der Waals surface area contributed by atoms with Crippen LogP contribution in [0.25, 0.3) is 5.65 Å². The van der Waals surface area contributed by atoms with Gasteiger partial charge in [0.15, 0.2) is 0 Å². The van der Waals surface area contributed by atoms with Gasteiger partial charge in [-0.25, -0.2) is 4.98 Å². The largest absolute Gasteiger partial charge is 0.302 e. The lowest BCUT2D eigenvalue weighted by Gasteiger charge is -2.18. The number of nitrogens with zero attached hydrogens (tertiary/aromatic N) is 3. The molecule has 2 heterocycles. The van der Waals surface area contributed by atoms with Crippen molar-refractivity contribution in [1.29, 1.82) is 0 Å². The van der Waals surface area contributed by atoms with Gasteiger partial charge in [-0.05, 0) is 43.1 Å². The van der Waals surface area contributed by atoms with Crippen LogP contribution in [0, 0.1) is 0 Å². The van der Waals surface area contributed by atoms with Crippen molar-refractivity contribution in [2.75, 3.05) is 13.6 Å². The van der Waals surface area contributed by atoms with Crippen molar-refractivity contribution in [2.24, 2.45) is 0 Å². The van der Waals surface area contributed by atoms with E-state index in [2.05, 4.69) is 23.9 Å². The molecule has 0 amide bonds. The fourth-order valence-corrected chi connectivity index (χ4v) is 2.50. The average Bonchev–Trinajstić information content (AvgIpc) is 2.37. The van der Waals surface area contributed by atoms with Crippen LogP contribution in [0.3, 0.4) is 0 Å². The summed E-state index contributed by atoms with van der Waals surface area (Å²) in [5.41, 5.74) is 2.49. The second-order valence-corrected chi connectivity index (χ2v) is 6.73. The molecule has 0 aromatic carbocycles. The Morgan fingerprint density at radius 1 is 1.33 bits per heavy atom. The first-order valence-corrected chi connectivity index (χ1v) is 7.52. The summed E-state index contributed by atoms with van der Waals surface area (Å²) < 4.78 is 1.64. The summed E-state index contributed by atoms with van der Waals surface area (Å²) in [5.74, 6) is 0. The molecule has 114 valence electrons. The number of hydrogen-bond donors (Lipinski definition) is 0. The molecule has 2 rings (SSSR count). The van der Waals surface area contributed by atoms with Gasteiger partial charge in [-0.1, -0.05) is 27.7 Å². The number of hydrogen-bond acceptors (Lipinski definition) is 3. The van der Waals surface area contributed by atoms with Gasteiger partial charge in [0.05, 0.1) is 0 Å².